The van der Waals surface area contributed by atoms with E-state index in [9.17, 15) is 13.2 Å². The molecule has 0 fully saturated rings. The molecule has 5 nitrogen and oxygen atoms in total. The first kappa shape index (κ1) is 10.8. The van der Waals surface area contributed by atoms with Crippen LogP contribution in [0.25, 0.3) is 0 Å². The molecule has 0 bridgehead atoms. The van der Waals surface area contributed by atoms with Crippen LogP contribution in [0, 0.1) is 0 Å². The summed E-state index contributed by atoms with van der Waals surface area (Å²) in [6.45, 7) is 3.42. The van der Waals surface area contributed by atoms with Crippen LogP contribution in [0.5, 0.6) is 0 Å². The van der Waals surface area contributed by atoms with Crippen molar-refractivity contribution in [2.75, 3.05) is 5.01 Å². The molecule has 0 aliphatic carbocycles. The first-order chi connectivity index (χ1) is 6.32. The largest absolute Gasteiger partial charge is 0.451 e. The van der Waals surface area contributed by atoms with E-state index in [0.29, 0.717) is 0 Å². The van der Waals surface area contributed by atoms with Crippen molar-refractivity contribution < 1.29 is 13.2 Å². The number of hydrogen-bond acceptors (Lipinski definition) is 4. The first-order valence-corrected chi connectivity index (χ1v) is 3.86. The van der Waals surface area contributed by atoms with Gasteiger partial charge >= 0.3 is 6.18 Å². The number of hydrazine groups is 1. The number of nitrogens with one attached hydrogen (secondary N) is 1. The zero-order valence-electron chi connectivity index (χ0n) is 7.63. The van der Waals surface area contributed by atoms with Gasteiger partial charge in [-0.15, -0.1) is 5.10 Å². The minimum atomic E-state index is -4.52. The van der Waals surface area contributed by atoms with E-state index >= 15 is 0 Å². The van der Waals surface area contributed by atoms with Crippen molar-refractivity contribution in [3.63, 3.8) is 0 Å². The highest BCUT2D eigenvalue weighted by molar-refractivity contribution is 5.27. The number of nitrogens with two attached hydrogens (primary N) is 1. The highest BCUT2D eigenvalue weighted by Crippen LogP contribution is 2.26. The summed E-state index contributed by atoms with van der Waals surface area (Å²) in [6, 6.07) is -0.174. The Kier molecular flexibility index (Phi) is 2.65. The summed E-state index contributed by atoms with van der Waals surface area (Å²) in [7, 11) is 0. The molecule has 0 aromatic carbocycles. The van der Waals surface area contributed by atoms with Gasteiger partial charge in [0.15, 0.2) is 0 Å². The first-order valence-electron chi connectivity index (χ1n) is 3.86. The van der Waals surface area contributed by atoms with Crippen LogP contribution in [-0.2, 0) is 6.18 Å². The number of anilines is 1. The number of halogens is 3. The van der Waals surface area contributed by atoms with Crippen molar-refractivity contribution in [1.29, 1.82) is 0 Å². The monoisotopic (exact) mass is 209 g/mol. The van der Waals surface area contributed by atoms with E-state index in [1.807, 2.05) is 0 Å². The number of H-pyrrole nitrogens is 1. The standard InChI is InChI=1S/C6H10F3N5/c1-3(2)14(10)5-11-4(12-13-5)6(7,8)9/h3H,10H2,1-2H3,(H,11,12,13). The molecule has 1 heterocycles. The summed E-state index contributed by atoms with van der Waals surface area (Å²) >= 11 is 0. The van der Waals surface area contributed by atoms with Gasteiger partial charge in [0.05, 0.1) is 0 Å². The minimum absolute atomic E-state index is 0.174. The van der Waals surface area contributed by atoms with E-state index in [1.165, 1.54) is 0 Å². The third-order valence-corrected chi connectivity index (χ3v) is 1.53. The van der Waals surface area contributed by atoms with Crippen molar-refractivity contribution in [3.8, 4) is 0 Å². The molecule has 0 saturated heterocycles. The normalized spacial score (nSPS) is 12.2. The number of hydrogen-bond donors (Lipinski definition) is 2. The van der Waals surface area contributed by atoms with Gasteiger partial charge < -0.3 is 0 Å². The minimum Gasteiger partial charge on any atom is -0.275 e. The Morgan fingerprint density at radius 1 is 1.43 bits per heavy atom. The molecular formula is C6H10F3N5. The fourth-order valence-electron chi connectivity index (χ4n) is 0.726. The van der Waals surface area contributed by atoms with Gasteiger partial charge in [0, 0.05) is 6.04 Å². The molecule has 1 aromatic heterocycles. The Morgan fingerprint density at radius 3 is 2.36 bits per heavy atom. The average Bonchev–Trinajstić information content (AvgIpc) is 2.49. The Morgan fingerprint density at radius 2 is 2.00 bits per heavy atom. The second-order valence-electron chi connectivity index (χ2n) is 2.98. The molecule has 1 aromatic rings. The van der Waals surface area contributed by atoms with Crippen molar-refractivity contribution in [3.05, 3.63) is 5.82 Å². The van der Waals surface area contributed by atoms with Crippen molar-refractivity contribution in [2.45, 2.75) is 26.1 Å². The zero-order valence-corrected chi connectivity index (χ0v) is 7.63. The lowest BCUT2D eigenvalue weighted by Gasteiger charge is -2.17. The van der Waals surface area contributed by atoms with Crippen LogP contribution in [0.3, 0.4) is 0 Å². The van der Waals surface area contributed by atoms with E-state index in [4.69, 9.17) is 5.84 Å². The van der Waals surface area contributed by atoms with Crippen LogP contribution >= 0.6 is 0 Å². The lowest BCUT2D eigenvalue weighted by Crippen LogP contribution is -2.38. The lowest BCUT2D eigenvalue weighted by atomic mass is 10.4. The molecule has 0 radical (unpaired) electrons. The van der Waals surface area contributed by atoms with Gasteiger partial charge in [-0.2, -0.15) is 18.2 Å². The Labute approximate surface area is 78.1 Å². The van der Waals surface area contributed by atoms with Gasteiger partial charge in [0.25, 0.3) is 5.95 Å². The molecule has 0 spiro atoms. The molecule has 3 N–H and O–H groups in total. The highest BCUT2D eigenvalue weighted by Gasteiger charge is 2.35. The summed E-state index contributed by atoms with van der Waals surface area (Å²) in [5.74, 6) is 4.09. The number of nitrogens with zero attached hydrogens (tertiary/aromatic N) is 3. The van der Waals surface area contributed by atoms with Crippen LogP contribution in [0.1, 0.15) is 19.7 Å². The summed E-state index contributed by atoms with van der Waals surface area (Å²) < 4.78 is 36.2. The number of alkyl halides is 3. The maximum absolute atomic E-state index is 12.1. The van der Waals surface area contributed by atoms with Crippen molar-refractivity contribution >= 4 is 5.95 Å². The van der Waals surface area contributed by atoms with Gasteiger partial charge in [-0.05, 0) is 13.8 Å². The fraction of sp³-hybridized carbons (Fsp3) is 0.667. The Balaban J connectivity index is 2.89. The van der Waals surface area contributed by atoms with E-state index in [1.54, 1.807) is 18.9 Å². The van der Waals surface area contributed by atoms with Gasteiger partial charge in [-0.25, -0.2) is 5.84 Å². The second-order valence-corrected chi connectivity index (χ2v) is 2.98. The van der Waals surface area contributed by atoms with Gasteiger partial charge in [0.2, 0.25) is 5.82 Å². The molecule has 0 aliphatic heterocycles. The average molecular weight is 209 g/mol. The van der Waals surface area contributed by atoms with E-state index in [-0.39, 0.29) is 12.0 Å². The molecule has 0 saturated carbocycles. The number of aromatic amines is 1. The van der Waals surface area contributed by atoms with Crippen LogP contribution in [0.2, 0.25) is 0 Å². The van der Waals surface area contributed by atoms with Crippen LogP contribution in [0.15, 0.2) is 0 Å². The van der Waals surface area contributed by atoms with Crippen molar-refractivity contribution in [2.24, 2.45) is 5.84 Å². The summed E-state index contributed by atoms with van der Waals surface area (Å²) in [5, 5.41) is 6.17. The van der Waals surface area contributed by atoms with E-state index < -0.39 is 12.0 Å². The SMILES string of the molecule is CC(C)N(N)c1n[nH]c(C(F)(F)F)n1. The molecule has 0 aliphatic rings. The molecular weight excluding hydrogens is 199 g/mol. The number of rotatable bonds is 2. The molecule has 1 rings (SSSR count). The molecule has 14 heavy (non-hydrogen) atoms. The predicted molar refractivity (Wildman–Crippen MR) is 43.2 cm³/mol. The summed E-state index contributed by atoms with van der Waals surface area (Å²) in [6.07, 6.45) is -4.52. The lowest BCUT2D eigenvalue weighted by molar-refractivity contribution is -0.144. The molecule has 0 unspecified atom stereocenters. The highest BCUT2D eigenvalue weighted by atomic mass is 19.4. The molecule has 8 heteroatoms. The Hall–Kier alpha value is -1.31. The smallest absolute Gasteiger partial charge is 0.275 e. The van der Waals surface area contributed by atoms with E-state index in [0.717, 1.165) is 5.01 Å². The third kappa shape index (κ3) is 2.13. The zero-order chi connectivity index (χ0) is 10.9. The Bertz CT molecular complexity index is 305. The van der Waals surface area contributed by atoms with Crippen molar-refractivity contribution in [1.82, 2.24) is 15.2 Å². The summed E-state index contributed by atoms with van der Waals surface area (Å²) in [4.78, 5) is 3.21. The predicted octanol–water partition coefficient (Wildman–Crippen LogP) is 0.912. The maximum atomic E-state index is 12.1. The topological polar surface area (TPSA) is 70.8 Å². The molecule has 0 amide bonds. The van der Waals surface area contributed by atoms with Gasteiger partial charge in [0.1, 0.15) is 0 Å². The second kappa shape index (κ2) is 3.45. The quantitative estimate of drug-likeness (QED) is 0.561. The van der Waals surface area contributed by atoms with Crippen LogP contribution in [0.4, 0.5) is 19.1 Å². The maximum Gasteiger partial charge on any atom is 0.451 e. The number of aromatic nitrogens is 3. The fourth-order valence-corrected chi connectivity index (χ4v) is 0.726. The third-order valence-electron chi connectivity index (χ3n) is 1.53. The molecule has 80 valence electrons. The van der Waals surface area contributed by atoms with Crippen LogP contribution < -0.4 is 10.9 Å². The molecule has 0 atom stereocenters. The van der Waals surface area contributed by atoms with E-state index in [2.05, 4.69) is 10.1 Å². The van der Waals surface area contributed by atoms with Gasteiger partial charge in [-0.1, -0.05) is 0 Å². The van der Waals surface area contributed by atoms with Crippen LogP contribution in [-0.4, -0.2) is 21.2 Å². The summed E-state index contributed by atoms with van der Waals surface area (Å²) in [5.41, 5.74) is 0. The van der Waals surface area contributed by atoms with Gasteiger partial charge in [-0.3, -0.25) is 10.1 Å².